The standard InChI is InChI=1S/C21H26N2O3/c1-25-17-9-11-18(12-10-17)26-14-13-22-15-21(24)23-20-8-4-6-16-5-2-3-7-19(16)20/h2-3,5,7,9-12,20,22H,4,6,8,13-15H2,1H3,(H,23,24)/t20-/m1/s1. The van der Waals surface area contributed by atoms with Crippen molar-refractivity contribution in [3.63, 3.8) is 0 Å². The summed E-state index contributed by atoms with van der Waals surface area (Å²) in [7, 11) is 1.64. The number of carbonyl (C=O) groups excluding carboxylic acids is 1. The predicted octanol–water partition coefficient (Wildman–Crippen LogP) is 2.86. The molecule has 5 nitrogen and oxygen atoms in total. The molecule has 0 bridgehead atoms. The molecule has 2 aromatic carbocycles. The Balaban J connectivity index is 1.36. The van der Waals surface area contributed by atoms with E-state index in [4.69, 9.17) is 9.47 Å². The van der Waals surface area contributed by atoms with Crippen LogP contribution in [0.2, 0.25) is 0 Å². The van der Waals surface area contributed by atoms with Gasteiger partial charge < -0.3 is 20.1 Å². The van der Waals surface area contributed by atoms with Crippen molar-refractivity contribution in [1.82, 2.24) is 10.6 Å². The minimum absolute atomic E-state index is 0.0242. The van der Waals surface area contributed by atoms with Crippen LogP contribution in [0.25, 0.3) is 0 Å². The number of fused-ring (bicyclic) bond motifs is 1. The van der Waals surface area contributed by atoms with E-state index in [1.807, 2.05) is 30.3 Å². The lowest BCUT2D eigenvalue weighted by molar-refractivity contribution is -0.121. The van der Waals surface area contributed by atoms with Crippen LogP contribution in [0.15, 0.2) is 48.5 Å². The van der Waals surface area contributed by atoms with Crippen LogP contribution in [-0.4, -0.2) is 32.7 Å². The lowest BCUT2D eigenvalue weighted by Gasteiger charge is -2.26. The van der Waals surface area contributed by atoms with Gasteiger partial charge in [-0.1, -0.05) is 24.3 Å². The third-order valence-corrected chi connectivity index (χ3v) is 4.60. The molecular weight excluding hydrogens is 328 g/mol. The number of aryl methyl sites for hydroxylation is 1. The van der Waals surface area contributed by atoms with Crippen LogP contribution in [0.3, 0.4) is 0 Å². The molecule has 0 radical (unpaired) electrons. The van der Waals surface area contributed by atoms with Crippen molar-refractivity contribution in [3.8, 4) is 11.5 Å². The third kappa shape index (κ3) is 4.99. The fraction of sp³-hybridized carbons (Fsp3) is 0.381. The highest BCUT2D eigenvalue weighted by atomic mass is 16.5. The second kappa shape index (κ2) is 9.25. The Bertz CT molecular complexity index is 715. The van der Waals surface area contributed by atoms with Gasteiger partial charge in [0.2, 0.25) is 5.91 Å². The molecule has 0 heterocycles. The van der Waals surface area contributed by atoms with Crippen LogP contribution >= 0.6 is 0 Å². The molecule has 1 amide bonds. The minimum Gasteiger partial charge on any atom is -0.497 e. The van der Waals surface area contributed by atoms with Crippen molar-refractivity contribution in [2.75, 3.05) is 26.8 Å². The lowest BCUT2D eigenvalue weighted by Crippen LogP contribution is -2.38. The molecule has 0 spiro atoms. The number of hydrogen-bond donors (Lipinski definition) is 2. The topological polar surface area (TPSA) is 59.6 Å². The second-order valence-electron chi connectivity index (χ2n) is 6.41. The molecule has 138 valence electrons. The zero-order valence-electron chi connectivity index (χ0n) is 15.2. The summed E-state index contributed by atoms with van der Waals surface area (Å²) in [6.07, 6.45) is 3.22. The molecule has 2 N–H and O–H groups in total. The average Bonchev–Trinajstić information content (AvgIpc) is 2.68. The molecule has 0 saturated carbocycles. The maximum atomic E-state index is 12.2. The van der Waals surface area contributed by atoms with E-state index in [2.05, 4.69) is 28.8 Å². The van der Waals surface area contributed by atoms with Crippen molar-refractivity contribution >= 4 is 5.91 Å². The van der Waals surface area contributed by atoms with Gasteiger partial charge >= 0.3 is 0 Å². The van der Waals surface area contributed by atoms with Crippen molar-refractivity contribution in [2.45, 2.75) is 25.3 Å². The van der Waals surface area contributed by atoms with Gasteiger partial charge in [0, 0.05) is 6.54 Å². The number of rotatable bonds is 8. The highest BCUT2D eigenvalue weighted by molar-refractivity contribution is 5.78. The SMILES string of the molecule is COc1ccc(OCCNCC(=O)N[C@@H]2CCCc3ccccc32)cc1. The highest BCUT2D eigenvalue weighted by Crippen LogP contribution is 2.29. The van der Waals surface area contributed by atoms with E-state index in [0.29, 0.717) is 19.7 Å². The van der Waals surface area contributed by atoms with E-state index >= 15 is 0 Å². The highest BCUT2D eigenvalue weighted by Gasteiger charge is 2.20. The summed E-state index contributed by atoms with van der Waals surface area (Å²) in [6, 6.07) is 16.0. The van der Waals surface area contributed by atoms with E-state index in [-0.39, 0.29) is 11.9 Å². The molecule has 1 aliphatic rings. The van der Waals surface area contributed by atoms with Crippen molar-refractivity contribution < 1.29 is 14.3 Å². The Morgan fingerprint density at radius 2 is 1.88 bits per heavy atom. The molecule has 0 fully saturated rings. The van der Waals surface area contributed by atoms with Crippen LogP contribution in [-0.2, 0) is 11.2 Å². The Hall–Kier alpha value is -2.53. The largest absolute Gasteiger partial charge is 0.497 e. The first kappa shape index (κ1) is 18.3. The number of amides is 1. The maximum Gasteiger partial charge on any atom is 0.234 e. The number of ether oxygens (including phenoxy) is 2. The summed E-state index contributed by atoms with van der Waals surface area (Å²) >= 11 is 0. The molecule has 0 aromatic heterocycles. The summed E-state index contributed by atoms with van der Waals surface area (Å²) < 4.78 is 10.7. The van der Waals surface area contributed by atoms with Gasteiger partial charge in [-0.3, -0.25) is 4.79 Å². The Morgan fingerprint density at radius 3 is 2.69 bits per heavy atom. The average molecular weight is 354 g/mol. The van der Waals surface area contributed by atoms with E-state index in [1.54, 1.807) is 7.11 Å². The predicted molar refractivity (Wildman–Crippen MR) is 102 cm³/mol. The molecule has 26 heavy (non-hydrogen) atoms. The van der Waals surface area contributed by atoms with Crippen LogP contribution in [0.4, 0.5) is 0 Å². The van der Waals surface area contributed by atoms with Gasteiger partial charge in [-0.05, 0) is 54.7 Å². The third-order valence-electron chi connectivity index (χ3n) is 4.60. The summed E-state index contributed by atoms with van der Waals surface area (Å²) in [5.74, 6) is 1.61. The second-order valence-corrected chi connectivity index (χ2v) is 6.41. The van der Waals surface area contributed by atoms with Crippen LogP contribution < -0.4 is 20.1 Å². The van der Waals surface area contributed by atoms with Gasteiger partial charge in [-0.2, -0.15) is 0 Å². The molecule has 1 atom stereocenters. The van der Waals surface area contributed by atoms with Crippen LogP contribution in [0.1, 0.15) is 30.0 Å². The maximum absolute atomic E-state index is 12.2. The summed E-state index contributed by atoms with van der Waals surface area (Å²) in [5, 5.41) is 6.27. The molecular formula is C21H26N2O3. The molecule has 0 unspecified atom stereocenters. The molecule has 2 aromatic rings. The quantitative estimate of drug-likeness (QED) is 0.716. The monoisotopic (exact) mass is 354 g/mol. The lowest BCUT2D eigenvalue weighted by atomic mass is 9.88. The van der Waals surface area contributed by atoms with Crippen LogP contribution in [0.5, 0.6) is 11.5 Å². The number of hydrogen-bond acceptors (Lipinski definition) is 4. The van der Waals surface area contributed by atoms with Gasteiger partial charge in [-0.15, -0.1) is 0 Å². The van der Waals surface area contributed by atoms with Crippen molar-refractivity contribution in [3.05, 3.63) is 59.7 Å². The molecule has 5 heteroatoms. The normalized spacial score (nSPS) is 15.8. The van der Waals surface area contributed by atoms with Gasteiger partial charge in [-0.25, -0.2) is 0 Å². The van der Waals surface area contributed by atoms with Crippen molar-refractivity contribution in [2.24, 2.45) is 0 Å². The van der Waals surface area contributed by atoms with E-state index < -0.39 is 0 Å². The summed E-state index contributed by atoms with van der Waals surface area (Å²) in [5.41, 5.74) is 2.61. The van der Waals surface area contributed by atoms with Crippen molar-refractivity contribution in [1.29, 1.82) is 0 Å². The fourth-order valence-corrected chi connectivity index (χ4v) is 3.26. The summed E-state index contributed by atoms with van der Waals surface area (Å²) in [6.45, 7) is 1.41. The zero-order valence-corrected chi connectivity index (χ0v) is 15.2. The van der Waals surface area contributed by atoms with E-state index in [9.17, 15) is 4.79 Å². The minimum atomic E-state index is 0.0242. The smallest absolute Gasteiger partial charge is 0.234 e. The van der Waals surface area contributed by atoms with Gasteiger partial charge in [0.15, 0.2) is 0 Å². The van der Waals surface area contributed by atoms with E-state index in [0.717, 1.165) is 30.8 Å². The van der Waals surface area contributed by atoms with Gasteiger partial charge in [0.05, 0.1) is 19.7 Å². The first-order valence-corrected chi connectivity index (χ1v) is 9.11. The number of carbonyl (C=O) groups is 1. The number of benzene rings is 2. The summed E-state index contributed by atoms with van der Waals surface area (Å²) in [4.78, 5) is 12.2. The van der Waals surface area contributed by atoms with E-state index in [1.165, 1.54) is 11.1 Å². The molecule has 0 aliphatic heterocycles. The Morgan fingerprint density at radius 1 is 1.12 bits per heavy atom. The first-order chi connectivity index (χ1) is 12.8. The Labute approximate surface area is 154 Å². The van der Waals surface area contributed by atoms with Gasteiger partial charge in [0.25, 0.3) is 0 Å². The Kier molecular flexibility index (Phi) is 6.50. The molecule has 3 rings (SSSR count). The van der Waals surface area contributed by atoms with Gasteiger partial charge in [0.1, 0.15) is 18.1 Å². The zero-order chi connectivity index (χ0) is 18.2. The fourth-order valence-electron chi connectivity index (χ4n) is 3.26. The molecule has 1 aliphatic carbocycles. The first-order valence-electron chi connectivity index (χ1n) is 9.11. The molecule has 0 saturated heterocycles. The van der Waals surface area contributed by atoms with Crippen LogP contribution in [0, 0.1) is 0 Å². The number of methoxy groups -OCH3 is 1. The number of nitrogens with one attached hydrogen (secondary N) is 2.